The Morgan fingerprint density at radius 2 is 1.79 bits per heavy atom. The van der Waals surface area contributed by atoms with Gasteiger partial charge in [-0.3, -0.25) is 14.7 Å². The molecule has 7 nitrogen and oxygen atoms in total. The summed E-state index contributed by atoms with van der Waals surface area (Å²) in [4.78, 5) is 28.5. The summed E-state index contributed by atoms with van der Waals surface area (Å²) >= 11 is 6.39. The van der Waals surface area contributed by atoms with Crippen molar-refractivity contribution in [2.45, 2.75) is 50.2 Å². The molecule has 198 valence electrons. The molecule has 10 heteroatoms. The Labute approximate surface area is 238 Å². The number of rotatable bonds is 6. The van der Waals surface area contributed by atoms with Crippen molar-refractivity contribution in [1.82, 2.24) is 19.8 Å². The van der Waals surface area contributed by atoms with E-state index in [0.717, 1.165) is 55.4 Å². The van der Waals surface area contributed by atoms with Crippen molar-refractivity contribution in [2.75, 3.05) is 36.4 Å². The van der Waals surface area contributed by atoms with E-state index in [1.165, 1.54) is 0 Å². The number of hydrogen-bond acceptors (Lipinski definition) is 6. The molecule has 1 amide bonds. The normalized spacial score (nSPS) is 20.9. The molecule has 0 spiro atoms. The molecule has 2 fully saturated rings. The molecule has 2 aliphatic rings. The van der Waals surface area contributed by atoms with Gasteiger partial charge < -0.3 is 15.1 Å². The molecule has 1 aromatic carbocycles. The van der Waals surface area contributed by atoms with E-state index in [4.69, 9.17) is 32.3 Å². The van der Waals surface area contributed by atoms with Crippen LogP contribution in [-0.2, 0) is 6.54 Å². The SMILES string of the molecule is [B]C1([B])CCN(c2cccc(C(=O)Nc3ccncc3)n2)CC(C)N1C1CCN(Cc2ccccc2Cl)CC1. The van der Waals surface area contributed by atoms with Crippen LogP contribution in [0.3, 0.4) is 0 Å². The van der Waals surface area contributed by atoms with Crippen LogP contribution in [0.5, 0.6) is 0 Å². The number of benzene rings is 1. The predicted octanol–water partition coefficient (Wildman–Crippen LogP) is 3.94. The first-order chi connectivity index (χ1) is 18.8. The molecule has 3 aromatic rings. The van der Waals surface area contributed by atoms with Crippen LogP contribution in [0.2, 0.25) is 5.02 Å². The Kier molecular flexibility index (Phi) is 8.60. The van der Waals surface area contributed by atoms with Gasteiger partial charge in [-0.1, -0.05) is 41.2 Å². The number of hydrogen-bond donors (Lipinski definition) is 1. The first-order valence-corrected chi connectivity index (χ1v) is 13.9. The summed E-state index contributed by atoms with van der Waals surface area (Å²) in [7, 11) is 13.6. The first kappa shape index (κ1) is 27.7. The van der Waals surface area contributed by atoms with Crippen molar-refractivity contribution in [3.05, 3.63) is 83.3 Å². The number of pyridine rings is 2. The lowest BCUT2D eigenvalue weighted by molar-refractivity contribution is 0.0576. The first-order valence-electron chi connectivity index (χ1n) is 13.6. The number of halogens is 1. The van der Waals surface area contributed by atoms with Gasteiger partial charge in [0, 0.05) is 54.8 Å². The average molecular weight is 539 g/mol. The summed E-state index contributed by atoms with van der Waals surface area (Å²) in [5.41, 5.74) is 2.19. The number of aromatic nitrogens is 2. The Morgan fingerprint density at radius 3 is 2.54 bits per heavy atom. The minimum atomic E-state index is -0.930. The molecule has 1 atom stereocenters. The van der Waals surface area contributed by atoms with Gasteiger partial charge in [-0.15, -0.1) is 0 Å². The van der Waals surface area contributed by atoms with E-state index < -0.39 is 5.34 Å². The zero-order valence-electron chi connectivity index (χ0n) is 22.3. The topological polar surface area (TPSA) is 64.6 Å². The van der Waals surface area contributed by atoms with Crippen molar-refractivity contribution in [1.29, 1.82) is 0 Å². The molecule has 2 saturated heterocycles. The molecule has 0 aliphatic carbocycles. The number of amides is 1. The summed E-state index contributed by atoms with van der Waals surface area (Å²) < 4.78 is 0. The van der Waals surface area contributed by atoms with Gasteiger partial charge in [-0.05, 0) is 75.2 Å². The molecule has 4 radical (unpaired) electrons. The fourth-order valence-electron chi connectivity index (χ4n) is 5.84. The Balaban J connectivity index is 1.24. The molecule has 2 aliphatic heterocycles. The third-order valence-electron chi connectivity index (χ3n) is 7.75. The third-order valence-corrected chi connectivity index (χ3v) is 8.12. The second kappa shape index (κ2) is 12.1. The summed E-state index contributed by atoms with van der Waals surface area (Å²) in [6, 6.07) is 17.5. The van der Waals surface area contributed by atoms with Crippen LogP contribution in [0.4, 0.5) is 11.5 Å². The maximum Gasteiger partial charge on any atom is 0.274 e. The zero-order valence-corrected chi connectivity index (χ0v) is 23.1. The van der Waals surface area contributed by atoms with Crippen LogP contribution >= 0.6 is 11.6 Å². The van der Waals surface area contributed by atoms with E-state index in [0.29, 0.717) is 30.4 Å². The molecule has 5 rings (SSSR count). The lowest BCUT2D eigenvalue weighted by Gasteiger charge is -2.49. The predicted molar refractivity (Wildman–Crippen MR) is 159 cm³/mol. The lowest BCUT2D eigenvalue weighted by atomic mass is 9.58. The second-order valence-electron chi connectivity index (χ2n) is 10.6. The maximum atomic E-state index is 12.8. The van der Waals surface area contributed by atoms with E-state index in [2.05, 4.69) is 38.0 Å². The highest BCUT2D eigenvalue weighted by Crippen LogP contribution is 2.31. The van der Waals surface area contributed by atoms with Gasteiger partial charge in [0.05, 0.1) is 15.7 Å². The van der Waals surface area contributed by atoms with Crippen molar-refractivity contribution < 1.29 is 4.79 Å². The highest BCUT2D eigenvalue weighted by molar-refractivity contribution is 6.40. The second-order valence-corrected chi connectivity index (χ2v) is 11.0. The van der Waals surface area contributed by atoms with Crippen LogP contribution < -0.4 is 10.2 Å². The Bertz CT molecular complexity index is 1270. The molecule has 1 unspecified atom stereocenters. The number of nitrogens with one attached hydrogen (secondary N) is 1. The van der Waals surface area contributed by atoms with Crippen LogP contribution in [0.1, 0.15) is 42.2 Å². The van der Waals surface area contributed by atoms with Crippen molar-refractivity contribution >= 4 is 44.7 Å². The van der Waals surface area contributed by atoms with Gasteiger partial charge in [0.1, 0.15) is 11.5 Å². The Morgan fingerprint density at radius 1 is 1.05 bits per heavy atom. The van der Waals surface area contributed by atoms with E-state index in [1.807, 2.05) is 30.3 Å². The zero-order chi connectivity index (χ0) is 27.4. The van der Waals surface area contributed by atoms with Gasteiger partial charge >= 0.3 is 0 Å². The van der Waals surface area contributed by atoms with Gasteiger partial charge in [-0.25, -0.2) is 4.98 Å². The van der Waals surface area contributed by atoms with E-state index in [1.54, 1.807) is 30.6 Å². The molecular weight excluding hydrogens is 505 g/mol. The summed E-state index contributed by atoms with van der Waals surface area (Å²) in [6.07, 6.45) is 5.85. The fraction of sp³-hybridized carbons (Fsp3) is 0.414. The van der Waals surface area contributed by atoms with Crippen LogP contribution in [0.15, 0.2) is 67.0 Å². The van der Waals surface area contributed by atoms with Crippen molar-refractivity contribution in [3.63, 3.8) is 0 Å². The molecule has 39 heavy (non-hydrogen) atoms. The summed E-state index contributed by atoms with van der Waals surface area (Å²) in [5.74, 6) is 0.486. The summed E-state index contributed by atoms with van der Waals surface area (Å²) in [5, 5.41) is 2.76. The molecular formula is C29H33B2ClN6O. The number of carbonyl (C=O) groups is 1. The fourth-order valence-corrected chi connectivity index (χ4v) is 6.03. The highest BCUT2D eigenvalue weighted by atomic mass is 35.5. The monoisotopic (exact) mass is 538 g/mol. The highest BCUT2D eigenvalue weighted by Gasteiger charge is 2.39. The number of nitrogens with zero attached hydrogens (tertiary/aromatic N) is 5. The van der Waals surface area contributed by atoms with Gasteiger partial charge in [0.2, 0.25) is 0 Å². The van der Waals surface area contributed by atoms with Gasteiger partial charge in [0.15, 0.2) is 0 Å². The van der Waals surface area contributed by atoms with E-state index in [9.17, 15) is 4.79 Å². The van der Waals surface area contributed by atoms with Crippen molar-refractivity contribution in [3.8, 4) is 0 Å². The quantitative estimate of drug-likeness (QED) is 0.480. The van der Waals surface area contributed by atoms with Crippen molar-refractivity contribution in [2.24, 2.45) is 0 Å². The number of carbonyl (C=O) groups excluding carboxylic acids is 1. The van der Waals surface area contributed by atoms with Gasteiger partial charge in [-0.2, -0.15) is 0 Å². The largest absolute Gasteiger partial charge is 0.355 e. The minimum absolute atomic E-state index is 0.110. The van der Waals surface area contributed by atoms with E-state index >= 15 is 0 Å². The van der Waals surface area contributed by atoms with E-state index in [-0.39, 0.29) is 11.9 Å². The van der Waals surface area contributed by atoms with Crippen LogP contribution in [-0.4, -0.2) is 85.0 Å². The third kappa shape index (κ3) is 6.65. The van der Waals surface area contributed by atoms with Gasteiger partial charge in [0.25, 0.3) is 5.91 Å². The molecule has 4 heterocycles. The summed E-state index contributed by atoms with van der Waals surface area (Å²) in [6.45, 7) is 6.34. The van der Waals surface area contributed by atoms with Crippen LogP contribution in [0, 0.1) is 0 Å². The molecule has 0 bridgehead atoms. The molecule has 2 aromatic heterocycles. The van der Waals surface area contributed by atoms with Crippen LogP contribution in [0.25, 0.3) is 0 Å². The standard InChI is InChI=1S/C29H33B2ClN6O/c1-21-19-37(27-8-4-7-26(35-27)28(39)34-23-9-14-33-15-10-23)18-13-29(30,31)38(21)24-11-16-36(17-12-24)20-22-5-2-3-6-25(22)32/h2-10,14-15,21,24H,11-13,16-20H2,1H3,(H,33,34,39). The smallest absolute Gasteiger partial charge is 0.274 e. The minimum Gasteiger partial charge on any atom is -0.355 e. The maximum absolute atomic E-state index is 12.8. The number of piperidine rings is 1. The molecule has 1 N–H and O–H groups in total. The Hall–Kier alpha value is -2.87. The number of likely N-dealkylation sites (tertiary alicyclic amines) is 1. The lowest BCUT2D eigenvalue weighted by Crippen LogP contribution is -2.60. The number of anilines is 2. The molecule has 0 saturated carbocycles. The average Bonchev–Trinajstić information content (AvgIpc) is 3.05.